The van der Waals surface area contributed by atoms with Crippen molar-refractivity contribution >= 4 is 16.1 Å². The van der Waals surface area contributed by atoms with E-state index >= 15 is 0 Å². The third kappa shape index (κ3) is 6.20. The number of sulfonamides is 1. The van der Waals surface area contributed by atoms with Crippen LogP contribution in [0.2, 0.25) is 0 Å². The molecular formula is C26H30N2O3S. The van der Waals surface area contributed by atoms with E-state index in [1.165, 1.54) is 22.6 Å². The van der Waals surface area contributed by atoms with Crippen molar-refractivity contribution in [3.8, 4) is 0 Å². The molecule has 2 amide bonds. The van der Waals surface area contributed by atoms with Gasteiger partial charge in [-0.2, -0.15) is 0 Å². The first-order valence-corrected chi connectivity index (χ1v) is 12.0. The second-order valence-corrected chi connectivity index (χ2v) is 10.7. The minimum atomic E-state index is -3.97. The van der Waals surface area contributed by atoms with E-state index in [2.05, 4.69) is 37.6 Å². The van der Waals surface area contributed by atoms with Gasteiger partial charge in [-0.1, -0.05) is 93.1 Å². The summed E-state index contributed by atoms with van der Waals surface area (Å²) < 4.78 is 27.7. The van der Waals surface area contributed by atoms with Gasteiger partial charge in [0.1, 0.15) is 0 Å². The van der Waals surface area contributed by atoms with Gasteiger partial charge in [0.05, 0.1) is 4.90 Å². The largest absolute Gasteiger partial charge is 0.331 e. The number of hydrogen-bond donors (Lipinski definition) is 1. The molecule has 0 aliphatic heterocycles. The van der Waals surface area contributed by atoms with E-state index in [1.807, 2.05) is 49.4 Å². The van der Waals surface area contributed by atoms with Crippen molar-refractivity contribution in [2.45, 2.75) is 51.1 Å². The lowest BCUT2D eigenvalue weighted by atomic mass is 9.87. The van der Waals surface area contributed by atoms with Gasteiger partial charge in [-0.05, 0) is 41.2 Å². The van der Waals surface area contributed by atoms with Gasteiger partial charge in [0.2, 0.25) is 0 Å². The molecule has 0 unspecified atom stereocenters. The van der Waals surface area contributed by atoms with Gasteiger partial charge < -0.3 is 4.90 Å². The molecule has 5 nitrogen and oxygen atoms in total. The second kappa shape index (κ2) is 9.57. The monoisotopic (exact) mass is 450 g/mol. The molecule has 0 saturated carbocycles. The van der Waals surface area contributed by atoms with Crippen LogP contribution in [0.4, 0.5) is 4.79 Å². The van der Waals surface area contributed by atoms with Crippen molar-refractivity contribution in [3.63, 3.8) is 0 Å². The number of hydrogen-bond acceptors (Lipinski definition) is 3. The lowest BCUT2D eigenvalue weighted by molar-refractivity contribution is 0.198. The number of carbonyl (C=O) groups excluding carboxylic acids is 1. The molecule has 0 aromatic heterocycles. The Labute approximate surface area is 191 Å². The molecule has 0 radical (unpaired) electrons. The van der Waals surface area contributed by atoms with Gasteiger partial charge in [-0.15, -0.1) is 0 Å². The van der Waals surface area contributed by atoms with Gasteiger partial charge in [0.25, 0.3) is 10.0 Å². The molecule has 0 heterocycles. The highest BCUT2D eigenvalue weighted by atomic mass is 32.2. The molecule has 0 aliphatic rings. The fraction of sp³-hybridized carbons (Fsp3) is 0.269. The topological polar surface area (TPSA) is 66.5 Å². The summed E-state index contributed by atoms with van der Waals surface area (Å²) in [5, 5.41) is 0. The molecule has 0 bridgehead atoms. The van der Waals surface area contributed by atoms with Crippen LogP contribution >= 0.6 is 0 Å². The molecular weight excluding hydrogens is 420 g/mol. The number of urea groups is 1. The molecule has 0 atom stereocenters. The summed E-state index contributed by atoms with van der Waals surface area (Å²) in [6.07, 6.45) is 0. The Kier molecular flexibility index (Phi) is 7.04. The Morgan fingerprint density at radius 1 is 0.812 bits per heavy atom. The van der Waals surface area contributed by atoms with E-state index in [-0.39, 0.29) is 23.4 Å². The maximum absolute atomic E-state index is 13.1. The lowest BCUT2D eigenvalue weighted by Crippen LogP contribution is -2.42. The van der Waals surface area contributed by atoms with Crippen LogP contribution in [0.5, 0.6) is 0 Å². The highest BCUT2D eigenvalue weighted by Crippen LogP contribution is 2.23. The highest BCUT2D eigenvalue weighted by molar-refractivity contribution is 7.90. The first-order valence-electron chi connectivity index (χ1n) is 10.6. The number of benzene rings is 3. The Bertz CT molecular complexity index is 1150. The molecule has 0 saturated heterocycles. The maximum Gasteiger partial charge on any atom is 0.331 e. The lowest BCUT2D eigenvalue weighted by Gasteiger charge is -2.24. The highest BCUT2D eigenvalue weighted by Gasteiger charge is 2.23. The predicted molar refractivity (Wildman–Crippen MR) is 128 cm³/mol. The summed E-state index contributed by atoms with van der Waals surface area (Å²) in [5.41, 5.74) is 4.02. The molecule has 1 N–H and O–H groups in total. The van der Waals surface area contributed by atoms with E-state index in [9.17, 15) is 13.2 Å². The van der Waals surface area contributed by atoms with Crippen molar-refractivity contribution < 1.29 is 13.2 Å². The number of carbonyl (C=O) groups is 1. The second-order valence-electron chi connectivity index (χ2n) is 9.01. The first-order chi connectivity index (χ1) is 15.0. The summed E-state index contributed by atoms with van der Waals surface area (Å²) in [5.74, 6) is 0. The fourth-order valence-electron chi connectivity index (χ4n) is 3.29. The van der Waals surface area contributed by atoms with Crippen LogP contribution in [0.3, 0.4) is 0 Å². The number of aryl methyl sites for hydroxylation is 1. The van der Waals surface area contributed by atoms with E-state index in [4.69, 9.17) is 0 Å². The molecule has 0 fully saturated rings. The summed E-state index contributed by atoms with van der Waals surface area (Å²) in [6, 6.07) is 23.4. The molecule has 168 valence electrons. The van der Waals surface area contributed by atoms with Crippen LogP contribution in [-0.4, -0.2) is 19.3 Å². The van der Waals surface area contributed by atoms with Gasteiger partial charge in [0.15, 0.2) is 0 Å². The fourth-order valence-corrected chi connectivity index (χ4v) is 4.26. The summed E-state index contributed by atoms with van der Waals surface area (Å²) in [7, 11) is -3.97. The molecule has 3 aromatic carbocycles. The number of rotatable bonds is 6. The third-order valence-electron chi connectivity index (χ3n) is 5.25. The number of nitrogens with zero attached hydrogens (tertiary/aromatic N) is 1. The van der Waals surface area contributed by atoms with Gasteiger partial charge in [-0.3, -0.25) is 0 Å². The zero-order valence-corrected chi connectivity index (χ0v) is 19.8. The Hall–Kier alpha value is -3.12. The standard InChI is InChI=1S/C26H30N2O3S/c1-20-10-16-24(17-11-20)32(30,31)27-25(29)28(18-21-8-6-5-7-9-21)19-22-12-14-23(15-13-22)26(2,3)4/h5-17H,18-19H2,1-4H3,(H,27,29). The van der Waals surface area contributed by atoms with Crippen LogP contribution in [0.1, 0.15) is 43.0 Å². The van der Waals surface area contributed by atoms with Crippen LogP contribution in [-0.2, 0) is 28.5 Å². The van der Waals surface area contributed by atoms with Gasteiger partial charge in [-0.25, -0.2) is 17.9 Å². The minimum Gasteiger partial charge on any atom is -0.315 e. The van der Waals surface area contributed by atoms with E-state index in [0.29, 0.717) is 0 Å². The van der Waals surface area contributed by atoms with Crippen molar-refractivity contribution in [1.82, 2.24) is 9.62 Å². The zero-order chi connectivity index (χ0) is 23.4. The van der Waals surface area contributed by atoms with E-state index in [1.54, 1.807) is 12.1 Å². The summed E-state index contributed by atoms with van der Waals surface area (Å²) >= 11 is 0. The van der Waals surface area contributed by atoms with E-state index in [0.717, 1.165) is 16.7 Å². The van der Waals surface area contributed by atoms with Crippen molar-refractivity contribution in [1.29, 1.82) is 0 Å². The smallest absolute Gasteiger partial charge is 0.315 e. The molecule has 32 heavy (non-hydrogen) atoms. The normalized spacial score (nSPS) is 11.8. The average molecular weight is 451 g/mol. The van der Waals surface area contributed by atoms with Crippen molar-refractivity contribution in [2.24, 2.45) is 0 Å². The minimum absolute atomic E-state index is 0.0295. The molecule has 6 heteroatoms. The molecule has 3 rings (SSSR count). The Balaban J connectivity index is 1.83. The van der Waals surface area contributed by atoms with Crippen LogP contribution in [0.15, 0.2) is 83.8 Å². The zero-order valence-electron chi connectivity index (χ0n) is 19.0. The average Bonchev–Trinajstić information content (AvgIpc) is 2.74. The van der Waals surface area contributed by atoms with E-state index < -0.39 is 16.1 Å². The van der Waals surface area contributed by atoms with Crippen molar-refractivity contribution in [3.05, 3.63) is 101 Å². The van der Waals surface area contributed by atoms with Gasteiger partial charge >= 0.3 is 6.03 Å². The van der Waals surface area contributed by atoms with Crippen LogP contribution in [0.25, 0.3) is 0 Å². The quantitative estimate of drug-likeness (QED) is 0.547. The molecule has 3 aromatic rings. The SMILES string of the molecule is Cc1ccc(S(=O)(=O)NC(=O)N(Cc2ccccc2)Cc2ccc(C(C)(C)C)cc2)cc1. The summed E-state index contributed by atoms with van der Waals surface area (Å²) in [6.45, 7) is 8.89. The number of nitrogens with one attached hydrogen (secondary N) is 1. The van der Waals surface area contributed by atoms with Crippen LogP contribution < -0.4 is 4.72 Å². The Morgan fingerprint density at radius 2 is 1.34 bits per heavy atom. The van der Waals surface area contributed by atoms with Gasteiger partial charge in [0, 0.05) is 13.1 Å². The molecule has 0 aliphatic carbocycles. The summed E-state index contributed by atoms with van der Waals surface area (Å²) in [4.78, 5) is 14.6. The first kappa shape index (κ1) is 23.5. The maximum atomic E-state index is 13.1. The predicted octanol–water partition coefficient (Wildman–Crippen LogP) is 5.39. The van der Waals surface area contributed by atoms with Crippen LogP contribution in [0, 0.1) is 6.92 Å². The number of amides is 2. The van der Waals surface area contributed by atoms with Crippen molar-refractivity contribution in [2.75, 3.05) is 0 Å². The Morgan fingerprint density at radius 3 is 1.88 bits per heavy atom. The third-order valence-corrected chi connectivity index (χ3v) is 6.59. The molecule has 0 spiro atoms.